The van der Waals surface area contributed by atoms with Crippen molar-refractivity contribution in [3.8, 4) is 11.3 Å². The quantitative estimate of drug-likeness (QED) is 0.697. The van der Waals surface area contributed by atoms with Gasteiger partial charge in [-0.25, -0.2) is 9.50 Å². The lowest BCUT2D eigenvalue weighted by Crippen LogP contribution is -2.27. The van der Waals surface area contributed by atoms with Gasteiger partial charge in [0.05, 0.1) is 17.0 Å². The summed E-state index contributed by atoms with van der Waals surface area (Å²) >= 11 is 0. The molecule has 26 heavy (non-hydrogen) atoms. The van der Waals surface area contributed by atoms with E-state index >= 15 is 0 Å². The molecule has 136 valence electrons. The molecule has 0 aliphatic rings. The Morgan fingerprint density at radius 1 is 1.23 bits per heavy atom. The standard InChI is InChI=1S/C21H26N4O/c1-4-8-19-17(21(26)22-12-11-15(2)3)14-23-20-13-18(24-25(19)20)16-9-6-5-7-10-16/h5-7,9-10,13-15H,4,8,11-12H2,1-3H3,(H,22,26). The number of amides is 1. The Labute approximate surface area is 154 Å². The summed E-state index contributed by atoms with van der Waals surface area (Å²) in [5.74, 6) is 0.492. The van der Waals surface area contributed by atoms with Gasteiger partial charge in [-0.1, -0.05) is 57.5 Å². The summed E-state index contributed by atoms with van der Waals surface area (Å²) in [6.45, 7) is 7.08. The highest BCUT2D eigenvalue weighted by molar-refractivity contribution is 5.95. The van der Waals surface area contributed by atoms with Crippen LogP contribution in [0.2, 0.25) is 0 Å². The van der Waals surface area contributed by atoms with Gasteiger partial charge in [-0.15, -0.1) is 0 Å². The zero-order valence-electron chi connectivity index (χ0n) is 15.7. The highest BCUT2D eigenvalue weighted by Crippen LogP contribution is 2.21. The van der Waals surface area contributed by atoms with Gasteiger partial charge in [-0.05, 0) is 18.8 Å². The van der Waals surface area contributed by atoms with Gasteiger partial charge in [-0.3, -0.25) is 4.79 Å². The predicted octanol–water partition coefficient (Wildman–Crippen LogP) is 4.12. The van der Waals surface area contributed by atoms with Crippen LogP contribution in [0.3, 0.4) is 0 Å². The Hall–Kier alpha value is -2.69. The lowest BCUT2D eigenvalue weighted by molar-refractivity contribution is 0.0950. The number of hydrogen-bond donors (Lipinski definition) is 1. The van der Waals surface area contributed by atoms with E-state index < -0.39 is 0 Å². The van der Waals surface area contributed by atoms with Crippen molar-refractivity contribution in [3.63, 3.8) is 0 Å². The van der Waals surface area contributed by atoms with E-state index in [4.69, 9.17) is 5.10 Å². The molecule has 0 saturated carbocycles. The van der Waals surface area contributed by atoms with Crippen LogP contribution in [0.15, 0.2) is 42.6 Å². The highest BCUT2D eigenvalue weighted by atomic mass is 16.1. The van der Waals surface area contributed by atoms with Gasteiger partial charge in [0.2, 0.25) is 0 Å². The number of benzene rings is 1. The average Bonchev–Trinajstić information content (AvgIpc) is 3.07. The molecule has 5 nitrogen and oxygen atoms in total. The normalized spacial score (nSPS) is 11.2. The molecule has 1 amide bonds. The van der Waals surface area contributed by atoms with Crippen molar-refractivity contribution in [2.75, 3.05) is 6.54 Å². The van der Waals surface area contributed by atoms with Crippen LogP contribution in [0.25, 0.3) is 16.9 Å². The molecule has 3 aromatic rings. The summed E-state index contributed by atoms with van der Waals surface area (Å²) in [6, 6.07) is 12.0. The Bertz CT molecular complexity index is 884. The van der Waals surface area contributed by atoms with Crippen LogP contribution in [-0.2, 0) is 6.42 Å². The minimum Gasteiger partial charge on any atom is -0.352 e. The first kappa shape index (κ1) is 18.1. The van der Waals surface area contributed by atoms with Gasteiger partial charge >= 0.3 is 0 Å². The minimum atomic E-state index is -0.0692. The molecule has 0 fully saturated rings. The fraction of sp³-hybridized carbons (Fsp3) is 0.381. The molecule has 0 saturated heterocycles. The van der Waals surface area contributed by atoms with Crippen LogP contribution in [-0.4, -0.2) is 27.0 Å². The Morgan fingerprint density at radius 2 is 2.00 bits per heavy atom. The number of rotatable bonds is 7. The molecule has 0 aliphatic heterocycles. The van der Waals surface area contributed by atoms with Gasteiger partial charge in [0.1, 0.15) is 0 Å². The monoisotopic (exact) mass is 350 g/mol. The van der Waals surface area contributed by atoms with E-state index in [0.717, 1.165) is 41.9 Å². The zero-order chi connectivity index (χ0) is 18.5. The molecule has 0 aliphatic carbocycles. The molecule has 2 aromatic heterocycles. The number of aromatic nitrogens is 3. The smallest absolute Gasteiger partial charge is 0.254 e. The predicted molar refractivity (Wildman–Crippen MR) is 104 cm³/mol. The molecule has 2 heterocycles. The van der Waals surface area contributed by atoms with E-state index in [2.05, 4.69) is 31.1 Å². The summed E-state index contributed by atoms with van der Waals surface area (Å²) in [4.78, 5) is 17.1. The van der Waals surface area contributed by atoms with Crippen molar-refractivity contribution in [2.24, 2.45) is 5.92 Å². The summed E-state index contributed by atoms with van der Waals surface area (Å²) < 4.78 is 1.82. The molecule has 0 unspecified atom stereocenters. The van der Waals surface area contributed by atoms with Crippen molar-refractivity contribution in [2.45, 2.75) is 40.0 Å². The van der Waals surface area contributed by atoms with Crippen molar-refractivity contribution in [1.82, 2.24) is 19.9 Å². The third-order valence-corrected chi connectivity index (χ3v) is 4.39. The SMILES string of the molecule is CCCc1c(C(=O)NCCC(C)C)cnc2cc(-c3ccccc3)nn12. The van der Waals surface area contributed by atoms with Crippen LogP contribution < -0.4 is 5.32 Å². The molecule has 5 heteroatoms. The molecule has 3 rings (SSSR count). The first-order chi connectivity index (χ1) is 12.6. The second-order valence-corrected chi connectivity index (χ2v) is 6.97. The molecule has 0 radical (unpaired) electrons. The maximum absolute atomic E-state index is 12.7. The Kier molecular flexibility index (Phi) is 5.66. The maximum Gasteiger partial charge on any atom is 0.254 e. The van der Waals surface area contributed by atoms with E-state index in [-0.39, 0.29) is 5.91 Å². The van der Waals surface area contributed by atoms with Crippen LogP contribution in [0, 0.1) is 5.92 Å². The lowest BCUT2D eigenvalue weighted by Gasteiger charge is -2.11. The molecular formula is C21H26N4O. The van der Waals surface area contributed by atoms with Crippen molar-refractivity contribution in [3.05, 3.63) is 53.9 Å². The van der Waals surface area contributed by atoms with Crippen LogP contribution in [0.5, 0.6) is 0 Å². The van der Waals surface area contributed by atoms with E-state index in [9.17, 15) is 4.79 Å². The van der Waals surface area contributed by atoms with Gasteiger partial charge in [0.15, 0.2) is 5.65 Å². The zero-order valence-corrected chi connectivity index (χ0v) is 15.7. The molecular weight excluding hydrogens is 324 g/mol. The second kappa shape index (κ2) is 8.13. The minimum absolute atomic E-state index is 0.0692. The van der Waals surface area contributed by atoms with E-state index in [1.807, 2.05) is 40.9 Å². The summed E-state index contributed by atoms with van der Waals surface area (Å²) in [5.41, 5.74) is 4.22. The number of carbonyl (C=O) groups is 1. The van der Waals surface area contributed by atoms with E-state index in [1.165, 1.54) is 0 Å². The third kappa shape index (κ3) is 3.93. The van der Waals surface area contributed by atoms with Crippen molar-refractivity contribution in [1.29, 1.82) is 0 Å². The average molecular weight is 350 g/mol. The first-order valence-electron chi connectivity index (χ1n) is 9.31. The van der Waals surface area contributed by atoms with Gasteiger partial charge in [-0.2, -0.15) is 5.10 Å². The fourth-order valence-electron chi connectivity index (χ4n) is 2.97. The van der Waals surface area contributed by atoms with Gasteiger partial charge in [0, 0.05) is 24.4 Å². The second-order valence-electron chi connectivity index (χ2n) is 6.97. The summed E-state index contributed by atoms with van der Waals surface area (Å²) in [5, 5.41) is 7.74. The maximum atomic E-state index is 12.7. The molecule has 0 spiro atoms. The van der Waals surface area contributed by atoms with Crippen molar-refractivity contribution < 1.29 is 4.79 Å². The number of fused-ring (bicyclic) bond motifs is 1. The Morgan fingerprint density at radius 3 is 2.69 bits per heavy atom. The highest BCUT2D eigenvalue weighted by Gasteiger charge is 2.17. The third-order valence-electron chi connectivity index (χ3n) is 4.39. The molecule has 0 bridgehead atoms. The number of nitrogens with zero attached hydrogens (tertiary/aromatic N) is 3. The summed E-state index contributed by atoms with van der Waals surface area (Å²) in [6.07, 6.45) is 4.36. The number of carbonyl (C=O) groups excluding carboxylic acids is 1. The molecule has 1 aromatic carbocycles. The number of aryl methyl sites for hydroxylation is 1. The van der Waals surface area contributed by atoms with Crippen LogP contribution in [0.1, 0.15) is 49.7 Å². The van der Waals surface area contributed by atoms with Crippen molar-refractivity contribution >= 4 is 11.6 Å². The Balaban J connectivity index is 1.96. The van der Waals surface area contributed by atoms with E-state index in [0.29, 0.717) is 18.0 Å². The van der Waals surface area contributed by atoms with E-state index in [1.54, 1.807) is 6.20 Å². The fourth-order valence-corrected chi connectivity index (χ4v) is 2.97. The van der Waals surface area contributed by atoms with Crippen LogP contribution in [0.4, 0.5) is 0 Å². The number of nitrogens with one attached hydrogen (secondary N) is 1. The summed E-state index contributed by atoms with van der Waals surface area (Å²) in [7, 11) is 0. The molecule has 0 atom stereocenters. The topological polar surface area (TPSA) is 59.3 Å². The van der Waals surface area contributed by atoms with Gasteiger partial charge < -0.3 is 5.32 Å². The first-order valence-corrected chi connectivity index (χ1v) is 9.31. The lowest BCUT2D eigenvalue weighted by atomic mass is 10.1. The largest absolute Gasteiger partial charge is 0.352 e. The number of hydrogen-bond acceptors (Lipinski definition) is 3. The molecule has 1 N–H and O–H groups in total. The van der Waals surface area contributed by atoms with Gasteiger partial charge in [0.25, 0.3) is 5.91 Å². The van der Waals surface area contributed by atoms with Crippen LogP contribution >= 0.6 is 0 Å².